The number of nitrogens with zero attached hydrogens (tertiary/aromatic N) is 1. The second-order valence-electron chi connectivity index (χ2n) is 5.11. The standard InChI is InChI=1S/C17H20ClN3O.ClH/c1-13-5-6-15(10-16(13)18)17(22)21-9-3-8-20-12-14-4-2-7-19-11-14;/h2,4-7,10-11,20H,3,8-9,12H2,1H3,(H,21,22);1H. The summed E-state index contributed by atoms with van der Waals surface area (Å²) >= 11 is 6.02. The molecule has 0 unspecified atom stereocenters. The fourth-order valence-electron chi connectivity index (χ4n) is 1.99. The van der Waals surface area contributed by atoms with Crippen molar-refractivity contribution in [2.24, 2.45) is 0 Å². The number of aryl methyl sites for hydroxylation is 1. The molecule has 1 aromatic heterocycles. The first kappa shape index (κ1) is 19.4. The third kappa shape index (κ3) is 6.57. The van der Waals surface area contributed by atoms with Crippen LogP contribution in [0, 0.1) is 6.92 Å². The highest BCUT2D eigenvalue weighted by Gasteiger charge is 2.06. The maximum atomic E-state index is 12.0. The predicted octanol–water partition coefficient (Wildman–Crippen LogP) is 3.37. The molecule has 1 amide bonds. The largest absolute Gasteiger partial charge is 0.352 e. The number of hydrogen-bond acceptors (Lipinski definition) is 3. The zero-order chi connectivity index (χ0) is 15.8. The molecule has 1 aromatic carbocycles. The van der Waals surface area contributed by atoms with Gasteiger partial charge < -0.3 is 10.6 Å². The van der Waals surface area contributed by atoms with Crippen LogP contribution in [-0.4, -0.2) is 24.0 Å². The molecular weight excluding hydrogens is 333 g/mol. The minimum absolute atomic E-state index is 0. The molecule has 2 aromatic rings. The van der Waals surface area contributed by atoms with Crippen molar-refractivity contribution in [3.05, 3.63) is 64.4 Å². The fourth-order valence-corrected chi connectivity index (χ4v) is 2.17. The average Bonchev–Trinajstić information content (AvgIpc) is 2.54. The Kier molecular flexibility index (Phi) is 8.62. The first-order chi connectivity index (χ1) is 10.7. The van der Waals surface area contributed by atoms with Crippen LogP contribution in [0.2, 0.25) is 5.02 Å². The lowest BCUT2D eigenvalue weighted by Gasteiger charge is -2.07. The van der Waals surface area contributed by atoms with E-state index in [1.165, 1.54) is 0 Å². The van der Waals surface area contributed by atoms with E-state index in [9.17, 15) is 4.79 Å². The second-order valence-corrected chi connectivity index (χ2v) is 5.52. The molecule has 0 spiro atoms. The van der Waals surface area contributed by atoms with Gasteiger partial charge in [-0.3, -0.25) is 9.78 Å². The Labute approximate surface area is 148 Å². The van der Waals surface area contributed by atoms with Gasteiger partial charge in [0, 0.05) is 36.1 Å². The van der Waals surface area contributed by atoms with Crippen molar-refractivity contribution in [1.29, 1.82) is 0 Å². The minimum Gasteiger partial charge on any atom is -0.352 e. The molecule has 0 atom stereocenters. The maximum absolute atomic E-state index is 12.0. The summed E-state index contributed by atoms with van der Waals surface area (Å²) in [6, 6.07) is 9.30. The summed E-state index contributed by atoms with van der Waals surface area (Å²) in [6.45, 7) is 4.17. The van der Waals surface area contributed by atoms with Crippen LogP contribution in [0.1, 0.15) is 27.9 Å². The maximum Gasteiger partial charge on any atom is 0.251 e. The van der Waals surface area contributed by atoms with Crippen molar-refractivity contribution in [2.75, 3.05) is 13.1 Å². The zero-order valence-corrected chi connectivity index (χ0v) is 14.6. The number of rotatable bonds is 7. The molecule has 2 N–H and O–H groups in total. The highest BCUT2D eigenvalue weighted by atomic mass is 35.5. The number of carbonyl (C=O) groups excluding carboxylic acids is 1. The van der Waals surface area contributed by atoms with Gasteiger partial charge in [-0.1, -0.05) is 23.7 Å². The highest BCUT2D eigenvalue weighted by molar-refractivity contribution is 6.31. The lowest BCUT2D eigenvalue weighted by Crippen LogP contribution is -2.27. The molecule has 0 fully saturated rings. The van der Waals surface area contributed by atoms with E-state index in [4.69, 9.17) is 11.6 Å². The first-order valence-electron chi connectivity index (χ1n) is 7.31. The van der Waals surface area contributed by atoms with Gasteiger partial charge in [0.25, 0.3) is 5.91 Å². The Hall–Kier alpha value is -1.62. The number of benzene rings is 1. The van der Waals surface area contributed by atoms with Gasteiger partial charge >= 0.3 is 0 Å². The van der Waals surface area contributed by atoms with Crippen molar-refractivity contribution in [1.82, 2.24) is 15.6 Å². The van der Waals surface area contributed by atoms with Crippen LogP contribution in [0.4, 0.5) is 0 Å². The summed E-state index contributed by atoms with van der Waals surface area (Å²) in [6.07, 6.45) is 4.47. The number of nitrogens with one attached hydrogen (secondary N) is 2. The van der Waals surface area contributed by atoms with E-state index < -0.39 is 0 Å². The summed E-state index contributed by atoms with van der Waals surface area (Å²) in [5, 5.41) is 6.83. The van der Waals surface area contributed by atoms with E-state index >= 15 is 0 Å². The fraction of sp³-hybridized carbons (Fsp3) is 0.294. The SMILES string of the molecule is Cc1ccc(C(=O)NCCCNCc2cccnc2)cc1Cl.Cl. The number of aromatic nitrogens is 1. The summed E-state index contributed by atoms with van der Waals surface area (Å²) in [5.74, 6) is -0.0887. The van der Waals surface area contributed by atoms with E-state index in [1.54, 1.807) is 18.3 Å². The highest BCUT2D eigenvalue weighted by Crippen LogP contribution is 2.16. The van der Waals surface area contributed by atoms with Gasteiger partial charge in [0.1, 0.15) is 0 Å². The molecule has 6 heteroatoms. The van der Waals surface area contributed by atoms with E-state index in [0.29, 0.717) is 17.1 Å². The van der Waals surface area contributed by atoms with Gasteiger partial charge in [-0.05, 0) is 49.2 Å². The number of halogens is 2. The number of amides is 1. The van der Waals surface area contributed by atoms with Crippen molar-refractivity contribution in [3.63, 3.8) is 0 Å². The smallest absolute Gasteiger partial charge is 0.251 e. The van der Waals surface area contributed by atoms with Crippen molar-refractivity contribution in [2.45, 2.75) is 19.9 Å². The van der Waals surface area contributed by atoms with Gasteiger partial charge in [-0.25, -0.2) is 0 Å². The van der Waals surface area contributed by atoms with Gasteiger partial charge in [-0.2, -0.15) is 0 Å². The molecule has 1 heterocycles. The number of carbonyl (C=O) groups is 1. The lowest BCUT2D eigenvalue weighted by molar-refractivity contribution is 0.0953. The summed E-state index contributed by atoms with van der Waals surface area (Å²) < 4.78 is 0. The lowest BCUT2D eigenvalue weighted by atomic mass is 10.1. The quantitative estimate of drug-likeness (QED) is 0.750. The van der Waals surface area contributed by atoms with E-state index in [0.717, 1.165) is 30.6 Å². The molecule has 0 saturated heterocycles. The predicted molar refractivity (Wildman–Crippen MR) is 96.3 cm³/mol. The summed E-state index contributed by atoms with van der Waals surface area (Å²) in [4.78, 5) is 16.0. The second kappa shape index (κ2) is 10.2. The first-order valence-corrected chi connectivity index (χ1v) is 7.68. The van der Waals surface area contributed by atoms with Crippen molar-refractivity contribution in [3.8, 4) is 0 Å². The van der Waals surface area contributed by atoms with Crippen LogP contribution in [0.15, 0.2) is 42.7 Å². The topological polar surface area (TPSA) is 54.0 Å². The Morgan fingerprint density at radius 2 is 2.09 bits per heavy atom. The summed E-state index contributed by atoms with van der Waals surface area (Å²) in [5.41, 5.74) is 2.72. The zero-order valence-electron chi connectivity index (χ0n) is 13.0. The van der Waals surface area contributed by atoms with Crippen LogP contribution in [0.25, 0.3) is 0 Å². The Morgan fingerprint density at radius 1 is 1.26 bits per heavy atom. The molecular formula is C17H21Cl2N3O. The van der Waals surface area contributed by atoms with Crippen molar-refractivity contribution < 1.29 is 4.79 Å². The molecule has 23 heavy (non-hydrogen) atoms. The molecule has 0 saturated carbocycles. The third-order valence-electron chi connectivity index (χ3n) is 3.30. The normalized spacial score (nSPS) is 10.0. The molecule has 4 nitrogen and oxygen atoms in total. The Balaban J connectivity index is 0.00000264. The number of hydrogen-bond donors (Lipinski definition) is 2. The van der Waals surface area contributed by atoms with E-state index in [-0.39, 0.29) is 18.3 Å². The van der Waals surface area contributed by atoms with Gasteiger partial charge in [-0.15, -0.1) is 12.4 Å². The Morgan fingerprint density at radius 3 is 2.78 bits per heavy atom. The van der Waals surface area contributed by atoms with Crippen LogP contribution >= 0.6 is 24.0 Å². The third-order valence-corrected chi connectivity index (χ3v) is 3.71. The van der Waals surface area contributed by atoms with E-state index in [2.05, 4.69) is 15.6 Å². The van der Waals surface area contributed by atoms with Crippen LogP contribution in [0.3, 0.4) is 0 Å². The van der Waals surface area contributed by atoms with E-state index in [1.807, 2.05) is 31.3 Å². The molecule has 0 aliphatic carbocycles. The molecule has 2 rings (SSSR count). The molecule has 0 aliphatic heterocycles. The minimum atomic E-state index is -0.0887. The van der Waals surface area contributed by atoms with Gasteiger partial charge in [0.05, 0.1) is 0 Å². The molecule has 0 bridgehead atoms. The van der Waals surface area contributed by atoms with Crippen LogP contribution in [-0.2, 0) is 6.54 Å². The van der Waals surface area contributed by atoms with Crippen molar-refractivity contribution >= 4 is 29.9 Å². The molecule has 0 radical (unpaired) electrons. The van der Waals surface area contributed by atoms with Gasteiger partial charge in [0.2, 0.25) is 0 Å². The Bertz CT molecular complexity index is 620. The average molecular weight is 354 g/mol. The summed E-state index contributed by atoms with van der Waals surface area (Å²) in [7, 11) is 0. The van der Waals surface area contributed by atoms with Crippen LogP contribution < -0.4 is 10.6 Å². The molecule has 0 aliphatic rings. The monoisotopic (exact) mass is 353 g/mol. The molecule has 124 valence electrons. The number of pyridine rings is 1. The van der Waals surface area contributed by atoms with Crippen LogP contribution in [0.5, 0.6) is 0 Å². The van der Waals surface area contributed by atoms with Gasteiger partial charge in [0.15, 0.2) is 0 Å².